The highest BCUT2D eigenvalue weighted by atomic mass is 127. The molecular formula is C18H28ClIN4O2. The number of halogens is 2. The van der Waals surface area contributed by atoms with E-state index >= 15 is 0 Å². The minimum absolute atomic E-state index is 0. The standard InChI is InChI=1S/C18H27ClN4O2.HI/c1-3-20-17(22-12-16(24)21-9-10-25-2)23-13-18(7-8-18)14-5-4-6-15(19)11-14;/h4-6,11H,3,7-10,12-13H2,1-2H3,(H,21,24)(H2,20,22,23);1H. The van der Waals surface area contributed by atoms with E-state index < -0.39 is 0 Å². The number of nitrogens with one attached hydrogen (secondary N) is 3. The first-order valence-corrected chi connectivity index (χ1v) is 9.01. The summed E-state index contributed by atoms with van der Waals surface area (Å²) < 4.78 is 4.91. The van der Waals surface area contributed by atoms with Gasteiger partial charge in [0.15, 0.2) is 5.96 Å². The van der Waals surface area contributed by atoms with Crippen LogP contribution in [-0.4, -0.2) is 51.8 Å². The van der Waals surface area contributed by atoms with Gasteiger partial charge in [0.1, 0.15) is 6.54 Å². The van der Waals surface area contributed by atoms with Gasteiger partial charge in [-0.15, -0.1) is 24.0 Å². The zero-order valence-electron chi connectivity index (χ0n) is 15.3. The molecule has 2 rings (SSSR count). The van der Waals surface area contributed by atoms with Gasteiger partial charge in [0.05, 0.1) is 6.61 Å². The minimum atomic E-state index is -0.120. The number of hydrogen-bond acceptors (Lipinski definition) is 3. The Morgan fingerprint density at radius 1 is 1.31 bits per heavy atom. The first-order valence-electron chi connectivity index (χ1n) is 8.63. The highest BCUT2D eigenvalue weighted by Crippen LogP contribution is 2.48. The summed E-state index contributed by atoms with van der Waals surface area (Å²) in [4.78, 5) is 16.1. The number of methoxy groups -OCH3 is 1. The Morgan fingerprint density at radius 3 is 2.69 bits per heavy atom. The summed E-state index contributed by atoms with van der Waals surface area (Å²) in [5.41, 5.74) is 1.36. The molecule has 0 aliphatic heterocycles. The van der Waals surface area contributed by atoms with Gasteiger partial charge in [-0.05, 0) is 37.5 Å². The number of amides is 1. The first kappa shape index (κ1) is 23.0. The average Bonchev–Trinajstić information content (AvgIpc) is 3.39. The van der Waals surface area contributed by atoms with Gasteiger partial charge in [0.25, 0.3) is 0 Å². The summed E-state index contributed by atoms with van der Waals surface area (Å²) in [7, 11) is 1.60. The number of rotatable bonds is 9. The van der Waals surface area contributed by atoms with Gasteiger partial charge in [-0.2, -0.15) is 0 Å². The van der Waals surface area contributed by atoms with E-state index in [1.165, 1.54) is 5.56 Å². The van der Waals surface area contributed by atoms with Crippen molar-refractivity contribution in [3.8, 4) is 0 Å². The van der Waals surface area contributed by atoms with Crippen LogP contribution in [0, 0.1) is 0 Å². The third-order valence-electron chi connectivity index (χ3n) is 4.24. The van der Waals surface area contributed by atoms with E-state index in [9.17, 15) is 4.79 Å². The van der Waals surface area contributed by atoms with Crippen LogP contribution in [0.15, 0.2) is 29.3 Å². The fourth-order valence-corrected chi connectivity index (χ4v) is 2.82. The van der Waals surface area contributed by atoms with E-state index in [-0.39, 0.29) is 41.8 Å². The predicted molar refractivity (Wildman–Crippen MR) is 117 cm³/mol. The van der Waals surface area contributed by atoms with Gasteiger partial charge in [-0.1, -0.05) is 23.7 Å². The van der Waals surface area contributed by atoms with Crippen LogP contribution in [0.1, 0.15) is 25.3 Å². The van der Waals surface area contributed by atoms with Crippen LogP contribution >= 0.6 is 35.6 Å². The van der Waals surface area contributed by atoms with Crippen molar-refractivity contribution in [1.82, 2.24) is 16.0 Å². The predicted octanol–water partition coefficient (Wildman–Crippen LogP) is 2.31. The molecule has 3 N–H and O–H groups in total. The minimum Gasteiger partial charge on any atom is -0.383 e. The van der Waals surface area contributed by atoms with Crippen LogP contribution in [0.2, 0.25) is 5.02 Å². The van der Waals surface area contributed by atoms with Crippen LogP contribution in [0.5, 0.6) is 0 Å². The molecular weight excluding hydrogens is 467 g/mol. The molecule has 1 fully saturated rings. The SMILES string of the molecule is CCNC(=NCC(=O)NCCOC)NCC1(c2cccc(Cl)c2)CC1.I. The summed E-state index contributed by atoms with van der Waals surface area (Å²) >= 11 is 6.12. The number of ether oxygens (including phenoxy) is 1. The lowest BCUT2D eigenvalue weighted by Crippen LogP contribution is -2.42. The second kappa shape index (κ2) is 11.6. The molecule has 0 spiro atoms. The fourth-order valence-electron chi connectivity index (χ4n) is 2.63. The van der Waals surface area contributed by atoms with E-state index in [0.717, 1.165) is 31.0 Å². The molecule has 0 aromatic heterocycles. The van der Waals surface area contributed by atoms with E-state index in [0.29, 0.717) is 19.1 Å². The van der Waals surface area contributed by atoms with Crippen molar-refractivity contribution in [2.45, 2.75) is 25.2 Å². The van der Waals surface area contributed by atoms with Crippen molar-refractivity contribution in [2.24, 2.45) is 4.99 Å². The van der Waals surface area contributed by atoms with Crippen LogP contribution in [0.4, 0.5) is 0 Å². The van der Waals surface area contributed by atoms with Gasteiger partial charge in [0, 0.05) is 37.2 Å². The maximum atomic E-state index is 11.8. The zero-order chi connectivity index (χ0) is 18.1. The molecule has 26 heavy (non-hydrogen) atoms. The molecule has 0 saturated heterocycles. The third kappa shape index (κ3) is 7.28. The first-order chi connectivity index (χ1) is 12.1. The van der Waals surface area contributed by atoms with E-state index in [4.69, 9.17) is 16.3 Å². The maximum absolute atomic E-state index is 11.8. The van der Waals surface area contributed by atoms with E-state index in [1.807, 2.05) is 25.1 Å². The Bertz CT molecular complexity index is 609. The highest BCUT2D eigenvalue weighted by molar-refractivity contribution is 14.0. The average molecular weight is 495 g/mol. The van der Waals surface area contributed by atoms with Gasteiger partial charge in [0.2, 0.25) is 5.91 Å². The van der Waals surface area contributed by atoms with Crippen molar-refractivity contribution in [2.75, 3.05) is 39.9 Å². The van der Waals surface area contributed by atoms with Gasteiger partial charge in [-0.3, -0.25) is 4.79 Å². The summed E-state index contributed by atoms with van der Waals surface area (Å²) in [6, 6.07) is 8.03. The largest absolute Gasteiger partial charge is 0.383 e. The monoisotopic (exact) mass is 494 g/mol. The molecule has 8 heteroatoms. The molecule has 1 saturated carbocycles. The number of carbonyl (C=O) groups excluding carboxylic acids is 1. The van der Waals surface area contributed by atoms with Gasteiger partial charge in [-0.25, -0.2) is 4.99 Å². The Morgan fingerprint density at radius 2 is 2.08 bits per heavy atom. The van der Waals surface area contributed by atoms with E-state index in [1.54, 1.807) is 7.11 Å². The van der Waals surface area contributed by atoms with Crippen LogP contribution in [-0.2, 0) is 14.9 Å². The number of hydrogen-bond donors (Lipinski definition) is 3. The lowest BCUT2D eigenvalue weighted by Gasteiger charge is -2.19. The Hall–Kier alpha value is -1.06. The molecule has 0 bridgehead atoms. The Balaban J connectivity index is 0.00000338. The maximum Gasteiger partial charge on any atom is 0.241 e. The lowest BCUT2D eigenvalue weighted by atomic mass is 9.96. The molecule has 0 atom stereocenters. The molecule has 1 aromatic rings. The third-order valence-corrected chi connectivity index (χ3v) is 4.47. The molecule has 6 nitrogen and oxygen atoms in total. The number of nitrogens with zero attached hydrogens (tertiary/aromatic N) is 1. The van der Waals surface area contributed by atoms with Crippen molar-refractivity contribution in [1.29, 1.82) is 0 Å². The number of aliphatic imine (C=N–C) groups is 1. The second-order valence-corrected chi connectivity index (χ2v) is 6.62. The molecule has 1 amide bonds. The number of benzene rings is 1. The van der Waals surface area contributed by atoms with Gasteiger partial charge < -0.3 is 20.7 Å². The Labute approximate surface area is 177 Å². The smallest absolute Gasteiger partial charge is 0.241 e. The highest BCUT2D eigenvalue weighted by Gasteiger charge is 2.44. The van der Waals surface area contributed by atoms with E-state index in [2.05, 4.69) is 27.0 Å². The quantitative estimate of drug-likeness (QED) is 0.213. The Kier molecular flexibility index (Phi) is 10.3. The summed E-state index contributed by atoms with van der Waals surface area (Å²) in [5, 5.41) is 10.0. The van der Waals surface area contributed by atoms with Gasteiger partial charge >= 0.3 is 0 Å². The van der Waals surface area contributed by atoms with Crippen LogP contribution in [0.25, 0.3) is 0 Å². The summed E-state index contributed by atoms with van der Waals surface area (Å²) in [6.07, 6.45) is 2.24. The molecule has 0 unspecified atom stereocenters. The number of guanidine groups is 1. The van der Waals surface area contributed by atoms with Crippen molar-refractivity contribution in [3.63, 3.8) is 0 Å². The second-order valence-electron chi connectivity index (χ2n) is 6.18. The molecule has 146 valence electrons. The van der Waals surface area contributed by atoms with Crippen molar-refractivity contribution in [3.05, 3.63) is 34.9 Å². The lowest BCUT2D eigenvalue weighted by molar-refractivity contribution is -0.119. The molecule has 1 aliphatic rings. The number of carbonyl (C=O) groups is 1. The summed E-state index contributed by atoms with van der Waals surface area (Å²) in [6.45, 7) is 4.58. The van der Waals surface area contributed by atoms with Crippen LogP contribution in [0.3, 0.4) is 0 Å². The molecule has 1 aliphatic carbocycles. The fraction of sp³-hybridized carbons (Fsp3) is 0.556. The topological polar surface area (TPSA) is 74.8 Å². The molecule has 0 radical (unpaired) electrons. The molecule has 1 aromatic carbocycles. The normalized spacial score (nSPS) is 15.0. The van der Waals surface area contributed by atoms with Crippen molar-refractivity contribution < 1.29 is 9.53 Å². The summed E-state index contributed by atoms with van der Waals surface area (Å²) in [5.74, 6) is 0.530. The molecule has 0 heterocycles. The zero-order valence-corrected chi connectivity index (χ0v) is 18.4. The van der Waals surface area contributed by atoms with Crippen LogP contribution < -0.4 is 16.0 Å². The van der Waals surface area contributed by atoms with Crippen molar-refractivity contribution >= 4 is 47.4 Å².